The van der Waals surface area contributed by atoms with E-state index in [1.165, 1.54) is 36.5 Å². The highest BCUT2D eigenvalue weighted by Gasteiger charge is 2.15. The second-order valence-corrected chi connectivity index (χ2v) is 15.6. The number of nitrogens with two attached hydrogens (primary N) is 3. The number of halogens is 6. The number of hydrogen-bond donors (Lipinski definition) is 9. The van der Waals surface area contributed by atoms with Crippen LogP contribution in [0.2, 0.25) is 30.1 Å². The first-order chi connectivity index (χ1) is 30.2. The van der Waals surface area contributed by atoms with Crippen LogP contribution in [0.25, 0.3) is 55.5 Å². The number of H-pyrrole nitrogens is 4. The van der Waals surface area contributed by atoms with E-state index >= 15 is 0 Å². The van der Waals surface area contributed by atoms with Crippen molar-refractivity contribution in [1.29, 1.82) is 0 Å². The van der Waals surface area contributed by atoms with Crippen molar-refractivity contribution in [3.63, 3.8) is 0 Å². The molecule has 10 aromatic rings. The molecular formula is C42H30Cl6N12O3. The fourth-order valence-corrected chi connectivity index (χ4v) is 7.05. The van der Waals surface area contributed by atoms with Crippen molar-refractivity contribution in [3.8, 4) is 11.4 Å². The molecule has 15 nitrogen and oxygen atoms in total. The van der Waals surface area contributed by atoms with Gasteiger partial charge in [0, 0.05) is 58.9 Å². The second kappa shape index (κ2) is 19.1. The molecule has 0 aliphatic rings. The summed E-state index contributed by atoms with van der Waals surface area (Å²) in [7, 11) is 0. The normalized spacial score (nSPS) is 10.8. The fraction of sp³-hybridized carbons (Fsp3) is 0. The molecule has 7 aromatic heterocycles. The summed E-state index contributed by atoms with van der Waals surface area (Å²) in [5.74, 6) is -0.459. The summed E-state index contributed by atoms with van der Waals surface area (Å²) >= 11 is 35.1. The number of nitrogen functional groups attached to an aromatic ring is 3. The maximum absolute atomic E-state index is 12.4. The Labute approximate surface area is 385 Å². The zero-order valence-corrected chi connectivity index (χ0v) is 36.5. The van der Waals surface area contributed by atoms with E-state index in [-0.39, 0.29) is 11.5 Å². The molecule has 3 aromatic carbocycles. The van der Waals surface area contributed by atoms with Crippen molar-refractivity contribution >= 4 is 148 Å². The van der Waals surface area contributed by atoms with Crippen molar-refractivity contribution in [3.05, 3.63) is 151 Å². The molecule has 0 atom stereocenters. The van der Waals surface area contributed by atoms with E-state index in [1.54, 1.807) is 55.1 Å². The van der Waals surface area contributed by atoms with Crippen LogP contribution in [0.4, 0.5) is 22.7 Å². The van der Waals surface area contributed by atoms with E-state index in [2.05, 4.69) is 45.2 Å². The molecule has 0 bridgehead atoms. The number of anilines is 4. The monoisotopic (exact) mass is 960 g/mol. The highest BCUT2D eigenvalue weighted by Crippen LogP contribution is 2.33. The van der Waals surface area contributed by atoms with Crippen molar-refractivity contribution in [2.24, 2.45) is 0 Å². The number of pyridine rings is 3. The first kappa shape index (κ1) is 44.3. The summed E-state index contributed by atoms with van der Waals surface area (Å²) < 4.78 is 0. The molecule has 0 aliphatic carbocycles. The van der Waals surface area contributed by atoms with Gasteiger partial charge in [-0.15, -0.1) is 0 Å². The number of amides is 1. The van der Waals surface area contributed by atoms with Gasteiger partial charge in [0.05, 0.1) is 75.0 Å². The number of carboxylic acid groups (broad SMARTS) is 1. The highest BCUT2D eigenvalue weighted by molar-refractivity contribution is 6.43. The number of nitrogens with one attached hydrogen (secondary N) is 5. The quantitative estimate of drug-likeness (QED) is 0.0754. The van der Waals surface area contributed by atoms with E-state index < -0.39 is 5.97 Å². The first-order valence-electron chi connectivity index (χ1n) is 18.1. The number of nitrogens with zero attached hydrogens (tertiary/aromatic N) is 4. The standard InChI is InChI=1S/C14H10Cl2N4O.C14H8Cl2N4.C8H6N2O2.C6H6Cl2N2/c15-9-5-11(17)12(6-10(9)16)20-14(21)8-2-4-19-13-7(8)1-3-18-13;15-9-5-11-12(6-10(9)16)20-14(19-11)8-2-4-18-13-7(8)1-3-17-13;11-8(12)6-2-4-10-7-5(6)1-3-9-7;7-3-1-5(9)6(10)2-4(3)8/h1-6H,17H2,(H,18,19)(H,20,21);1-6H,(H,17,18)(H,19,20);1-4H,(H,9,10)(H,11,12);1-2H,9-10H2. The van der Waals surface area contributed by atoms with Crippen molar-refractivity contribution in [1.82, 2.24) is 39.9 Å². The minimum atomic E-state index is -0.929. The van der Waals surface area contributed by atoms with E-state index in [1.807, 2.05) is 18.3 Å². The Hall–Kier alpha value is -6.72. The van der Waals surface area contributed by atoms with Crippen molar-refractivity contribution in [2.45, 2.75) is 0 Å². The third-order valence-corrected chi connectivity index (χ3v) is 11.3. The topological polar surface area (TPSA) is 259 Å². The van der Waals surface area contributed by atoms with E-state index in [4.69, 9.17) is 91.9 Å². The number of aromatic carboxylic acids is 1. The number of aromatic nitrogens is 8. The van der Waals surface area contributed by atoms with Gasteiger partial charge in [0.15, 0.2) is 0 Å². The summed E-state index contributed by atoms with van der Waals surface area (Å²) in [6.07, 6.45) is 10.0. The highest BCUT2D eigenvalue weighted by atomic mass is 35.5. The lowest BCUT2D eigenvalue weighted by Gasteiger charge is -2.10. The molecule has 7 heterocycles. The van der Waals surface area contributed by atoms with Gasteiger partial charge in [0.1, 0.15) is 22.8 Å². The van der Waals surface area contributed by atoms with Crippen LogP contribution >= 0.6 is 69.6 Å². The number of hydrogen-bond acceptors (Lipinski definition) is 9. The molecule has 0 unspecified atom stereocenters. The van der Waals surface area contributed by atoms with Crippen LogP contribution in [-0.4, -0.2) is 56.9 Å². The van der Waals surface area contributed by atoms with Crippen LogP contribution in [-0.2, 0) is 0 Å². The Morgan fingerprint density at radius 3 is 1.60 bits per heavy atom. The maximum Gasteiger partial charge on any atom is 0.336 e. The Kier molecular flexibility index (Phi) is 13.5. The van der Waals surface area contributed by atoms with Gasteiger partial charge in [-0.25, -0.2) is 24.7 Å². The summed E-state index contributed by atoms with van der Waals surface area (Å²) in [5.41, 5.74) is 23.8. The maximum atomic E-state index is 12.4. The van der Waals surface area contributed by atoms with Gasteiger partial charge in [0.25, 0.3) is 5.91 Å². The van der Waals surface area contributed by atoms with Crippen molar-refractivity contribution in [2.75, 3.05) is 22.5 Å². The smallest absolute Gasteiger partial charge is 0.336 e. The van der Waals surface area contributed by atoms with Gasteiger partial charge in [-0.1, -0.05) is 69.6 Å². The molecule has 12 N–H and O–H groups in total. The molecule has 63 heavy (non-hydrogen) atoms. The molecule has 0 saturated heterocycles. The molecular weight excluding hydrogens is 933 g/mol. The Balaban J connectivity index is 0.000000132. The number of imidazole rings is 1. The van der Waals surface area contributed by atoms with Gasteiger partial charge in [-0.3, -0.25) is 4.79 Å². The Morgan fingerprint density at radius 1 is 0.556 bits per heavy atom. The molecule has 10 rings (SSSR count). The second-order valence-electron chi connectivity index (χ2n) is 13.2. The average Bonchev–Trinajstić information content (AvgIpc) is 4.10. The zero-order chi connectivity index (χ0) is 44.9. The summed E-state index contributed by atoms with van der Waals surface area (Å²) in [5, 5.41) is 16.4. The number of carbonyl (C=O) groups is 2. The number of fused-ring (bicyclic) bond motifs is 4. The third-order valence-electron chi connectivity index (χ3n) is 9.10. The summed E-state index contributed by atoms with van der Waals surface area (Å²) in [4.78, 5) is 52.2. The average molecular weight is 964 g/mol. The van der Waals surface area contributed by atoms with Crippen LogP contribution in [0.15, 0.2) is 110 Å². The lowest BCUT2D eigenvalue weighted by Crippen LogP contribution is -2.13. The molecule has 1 amide bonds. The summed E-state index contributed by atoms with van der Waals surface area (Å²) in [6.45, 7) is 0. The van der Waals surface area contributed by atoms with Gasteiger partial charge in [-0.2, -0.15) is 0 Å². The Bertz CT molecular complexity index is 3220. The van der Waals surface area contributed by atoms with Gasteiger partial charge < -0.3 is 47.6 Å². The minimum absolute atomic E-state index is 0.279. The van der Waals surface area contributed by atoms with Crippen LogP contribution < -0.4 is 22.5 Å². The largest absolute Gasteiger partial charge is 0.478 e. The van der Waals surface area contributed by atoms with E-state index in [0.29, 0.717) is 75.1 Å². The molecule has 0 spiro atoms. The third kappa shape index (κ3) is 10.00. The lowest BCUT2D eigenvalue weighted by molar-refractivity contribution is 0.0698. The minimum Gasteiger partial charge on any atom is -0.478 e. The molecule has 318 valence electrons. The molecule has 0 aliphatic heterocycles. The predicted octanol–water partition coefficient (Wildman–Crippen LogP) is 11.5. The molecule has 21 heteroatoms. The first-order valence-corrected chi connectivity index (χ1v) is 20.4. The van der Waals surface area contributed by atoms with Crippen LogP contribution in [0.1, 0.15) is 20.7 Å². The summed E-state index contributed by atoms with van der Waals surface area (Å²) in [6, 6.07) is 20.1. The van der Waals surface area contributed by atoms with Gasteiger partial charge >= 0.3 is 5.97 Å². The number of carbonyl (C=O) groups excluding carboxylic acids is 1. The van der Waals surface area contributed by atoms with E-state index in [0.717, 1.165) is 38.8 Å². The fourth-order valence-electron chi connectivity index (χ4n) is 6.04. The van der Waals surface area contributed by atoms with Gasteiger partial charge in [0.2, 0.25) is 0 Å². The van der Waals surface area contributed by atoms with Crippen LogP contribution in [0.5, 0.6) is 0 Å². The van der Waals surface area contributed by atoms with Crippen LogP contribution in [0, 0.1) is 0 Å². The van der Waals surface area contributed by atoms with Gasteiger partial charge in [-0.05, 0) is 72.8 Å². The zero-order valence-electron chi connectivity index (χ0n) is 31.9. The predicted molar refractivity (Wildman–Crippen MR) is 254 cm³/mol. The number of aromatic amines is 4. The lowest BCUT2D eigenvalue weighted by atomic mass is 10.1. The van der Waals surface area contributed by atoms with E-state index in [9.17, 15) is 9.59 Å². The number of carboxylic acids is 1. The SMILES string of the molecule is Clc1cc2nc(-c3ccnc4[nH]ccc34)[nH]c2cc1Cl.Nc1cc(Cl)c(Cl)cc1N.Nc1cc(Cl)c(Cl)cc1NC(=O)c1ccnc2[nH]ccc12.O=C(O)c1ccnc2[nH]ccc12. The van der Waals surface area contributed by atoms with Crippen molar-refractivity contribution < 1.29 is 14.7 Å². The van der Waals surface area contributed by atoms with Crippen LogP contribution in [0.3, 0.4) is 0 Å². The Morgan fingerprint density at radius 2 is 1.02 bits per heavy atom. The molecule has 0 fully saturated rings. The molecule has 0 saturated carbocycles. The number of rotatable bonds is 4. The molecule has 0 radical (unpaired) electrons. The number of benzene rings is 3.